The van der Waals surface area contributed by atoms with E-state index in [0.29, 0.717) is 6.61 Å². The van der Waals surface area contributed by atoms with Crippen LogP contribution in [0.15, 0.2) is 30.5 Å². The topological polar surface area (TPSA) is 32.6 Å². The van der Waals surface area contributed by atoms with Crippen molar-refractivity contribution >= 4 is 10.9 Å². The Morgan fingerprint density at radius 2 is 1.95 bits per heavy atom. The SMILES string of the molecule is COCCCOCCn1ccc2c(OC)cccc21. The van der Waals surface area contributed by atoms with Crippen LogP contribution in [0.2, 0.25) is 0 Å². The number of methoxy groups -OCH3 is 2. The maximum atomic E-state index is 5.58. The van der Waals surface area contributed by atoms with Crippen LogP contribution in [-0.2, 0) is 16.0 Å². The van der Waals surface area contributed by atoms with E-state index in [4.69, 9.17) is 14.2 Å². The number of hydrogen-bond donors (Lipinski definition) is 0. The third-order valence-corrected chi connectivity index (χ3v) is 3.11. The van der Waals surface area contributed by atoms with Gasteiger partial charge < -0.3 is 18.8 Å². The molecule has 0 aliphatic heterocycles. The first kappa shape index (κ1) is 13.9. The van der Waals surface area contributed by atoms with Crippen LogP contribution >= 0.6 is 0 Å². The van der Waals surface area contributed by atoms with E-state index in [1.54, 1.807) is 14.2 Å². The largest absolute Gasteiger partial charge is 0.496 e. The molecule has 1 aromatic heterocycles. The number of nitrogens with zero attached hydrogens (tertiary/aromatic N) is 1. The van der Waals surface area contributed by atoms with Gasteiger partial charge in [0.2, 0.25) is 0 Å². The minimum atomic E-state index is 0.713. The Morgan fingerprint density at radius 3 is 2.74 bits per heavy atom. The fourth-order valence-electron chi connectivity index (χ4n) is 2.14. The van der Waals surface area contributed by atoms with Gasteiger partial charge in [-0.05, 0) is 24.6 Å². The molecular formula is C15H21NO3. The second kappa shape index (κ2) is 7.16. The van der Waals surface area contributed by atoms with Gasteiger partial charge in [-0.25, -0.2) is 0 Å². The summed E-state index contributed by atoms with van der Waals surface area (Å²) in [7, 11) is 3.41. The number of rotatable bonds is 8. The Hall–Kier alpha value is -1.52. The van der Waals surface area contributed by atoms with Gasteiger partial charge in [-0.2, -0.15) is 0 Å². The second-order valence-electron chi connectivity index (χ2n) is 4.36. The van der Waals surface area contributed by atoms with Gasteiger partial charge in [0, 0.05) is 38.5 Å². The summed E-state index contributed by atoms with van der Waals surface area (Å²) in [5.41, 5.74) is 1.18. The lowest BCUT2D eigenvalue weighted by Crippen LogP contribution is -2.07. The van der Waals surface area contributed by atoms with Crippen LogP contribution in [0.1, 0.15) is 6.42 Å². The monoisotopic (exact) mass is 263 g/mol. The zero-order valence-electron chi connectivity index (χ0n) is 11.6. The number of aromatic nitrogens is 1. The molecule has 4 heteroatoms. The molecule has 0 atom stereocenters. The Bertz CT molecular complexity index is 507. The van der Waals surface area contributed by atoms with Gasteiger partial charge in [-0.1, -0.05) is 6.07 Å². The van der Waals surface area contributed by atoms with E-state index in [-0.39, 0.29) is 0 Å². The van der Waals surface area contributed by atoms with Crippen LogP contribution in [0.3, 0.4) is 0 Å². The molecule has 0 spiro atoms. The van der Waals surface area contributed by atoms with Gasteiger partial charge in [0.25, 0.3) is 0 Å². The Kier molecular flexibility index (Phi) is 5.24. The average molecular weight is 263 g/mol. The molecule has 0 N–H and O–H groups in total. The normalized spacial score (nSPS) is 11.1. The van der Waals surface area contributed by atoms with Crippen LogP contribution < -0.4 is 4.74 Å². The number of ether oxygens (including phenoxy) is 3. The molecule has 1 aromatic carbocycles. The van der Waals surface area contributed by atoms with Crippen molar-refractivity contribution in [2.45, 2.75) is 13.0 Å². The summed E-state index contributed by atoms with van der Waals surface area (Å²) in [5, 5.41) is 1.14. The third kappa shape index (κ3) is 3.49. The molecule has 0 aliphatic carbocycles. The third-order valence-electron chi connectivity index (χ3n) is 3.11. The van der Waals surface area contributed by atoms with E-state index in [1.165, 1.54) is 5.52 Å². The van der Waals surface area contributed by atoms with Gasteiger partial charge >= 0.3 is 0 Å². The van der Waals surface area contributed by atoms with Crippen LogP contribution in [0.25, 0.3) is 10.9 Å². The molecule has 0 saturated heterocycles. The van der Waals surface area contributed by atoms with Crippen molar-refractivity contribution < 1.29 is 14.2 Å². The Morgan fingerprint density at radius 1 is 1.05 bits per heavy atom. The summed E-state index contributed by atoms with van der Waals surface area (Å²) >= 11 is 0. The lowest BCUT2D eigenvalue weighted by molar-refractivity contribution is 0.0982. The van der Waals surface area contributed by atoms with Crippen molar-refractivity contribution in [1.82, 2.24) is 4.57 Å². The van der Waals surface area contributed by atoms with Crippen molar-refractivity contribution in [3.05, 3.63) is 30.5 Å². The van der Waals surface area contributed by atoms with Crippen LogP contribution in [-0.4, -0.2) is 38.6 Å². The first-order valence-electron chi connectivity index (χ1n) is 6.55. The number of benzene rings is 1. The lowest BCUT2D eigenvalue weighted by atomic mass is 10.2. The predicted molar refractivity (Wildman–Crippen MR) is 75.8 cm³/mol. The molecule has 0 aliphatic rings. The summed E-state index contributed by atoms with van der Waals surface area (Å²) in [6, 6.07) is 8.17. The summed E-state index contributed by atoms with van der Waals surface area (Å²) < 4.78 is 18.1. The van der Waals surface area contributed by atoms with E-state index >= 15 is 0 Å². The predicted octanol–water partition coefficient (Wildman–Crippen LogP) is 2.70. The van der Waals surface area contributed by atoms with Gasteiger partial charge in [0.15, 0.2) is 0 Å². The molecule has 104 valence electrons. The minimum absolute atomic E-state index is 0.713. The fraction of sp³-hybridized carbons (Fsp3) is 0.467. The molecule has 0 bridgehead atoms. The molecule has 0 saturated carbocycles. The summed E-state index contributed by atoms with van der Waals surface area (Å²) in [5.74, 6) is 0.914. The first-order chi connectivity index (χ1) is 9.36. The molecule has 0 unspecified atom stereocenters. The highest BCUT2D eigenvalue weighted by molar-refractivity contribution is 5.86. The van der Waals surface area contributed by atoms with Crippen LogP contribution in [0.4, 0.5) is 0 Å². The van der Waals surface area contributed by atoms with E-state index in [2.05, 4.69) is 22.9 Å². The van der Waals surface area contributed by atoms with Gasteiger partial charge in [0.1, 0.15) is 5.75 Å². The number of hydrogen-bond acceptors (Lipinski definition) is 3. The molecule has 1 heterocycles. The highest BCUT2D eigenvalue weighted by atomic mass is 16.5. The molecule has 0 fully saturated rings. The number of fused-ring (bicyclic) bond motifs is 1. The van der Waals surface area contributed by atoms with E-state index < -0.39 is 0 Å². The first-order valence-corrected chi connectivity index (χ1v) is 6.55. The van der Waals surface area contributed by atoms with Crippen molar-refractivity contribution in [3.8, 4) is 5.75 Å². The van der Waals surface area contributed by atoms with Crippen LogP contribution in [0.5, 0.6) is 5.75 Å². The second-order valence-corrected chi connectivity index (χ2v) is 4.36. The Labute approximate surface area is 113 Å². The standard InChI is InChI=1S/C15H21NO3/c1-17-10-4-11-19-12-9-16-8-7-13-14(16)5-3-6-15(13)18-2/h3,5-8H,4,9-12H2,1-2H3. The molecule has 0 amide bonds. The highest BCUT2D eigenvalue weighted by Gasteiger charge is 2.05. The average Bonchev–Trinajstić information content (AvgIpc) is 2.86. The zero-order chi connectivity index (χ0) is 13.5. The van der Waals surface area contributed by atoms with Crippen molar-refractivity contribution in [2.75, 3.05) is 34.0 Å². The van der Waals surface area contributed by atoms with Crippen molar-refractivity contribution in [3.63, 3.8) is 0 Å². The zero-order valence-corrected chi connectivity index (χ0v) is 11.6. The molecule has 19 heavy (non-hydrogen) atoms. The molecule has 4 nitrogen and oxygen atoms in total. The summed E-state index contributed by atoms with van der Waals surface area (Å²) in [4.78, 5) is 0. The van der Waals surface area contributed by atoms with Crippen LogP contribution in [0, 0.1) is 0 Å². The van der Waals surface area contributed by atoms with Gasteiger partial charge in [0.05, 0.1) is 19.2 Å². The Balaban J connectivity index is 1.91. The quantitative estimate of drug-likeness (QED) is 0.686. The van der Waals surface area contributed by atoms with E-state index in [9.17, 15) is 0 Å². The fourth-order valence-corrected chi connectivity index (χ4v) is 2.14. The molecular weight excluding hydrogens is 242 g/mol. The lowest BCUT2D eigenvalue weighted by Gasteiger charge is -2.07. The maximum absolute atomic E-state index is 5.58. The smallest absolute Gasteiger partial charge is 0.128 e. The van der Waals surface area contributed by atoms with Gasteiger partial charge in [-0.15, -0.1) is 0 Å². The highest BCUT2D eigenvalue weighted by Crippen LogP contribution is 2.25. The van der Waals surface area contributed by atoms with Crippen molar-refractivity contribution in [2.24, 2.45) is 0 Å². The minimum Gasteiger partial charge on any atom is -0.496 e. The van der Waals surface area contributed by atoms with E-state index in [1.807, 2.05) is 12.1 Å². The van der Waals surface area contributed by atoms with Gasteiger partial charge in [-0.3, -0.25) is 0 Å². The molecule has 0 radical (unpaired) electrons. The van der Waals surface area contributed by atoms with Crippen molar-refractivity contribution in [1.29, 1.82) is 0 Å². The van der Waals surface area contributed by atoms with E-state index in [0.717, 1.165) is 37.3 Å². The molecule has 2 rings (SSSR count). The summed E-state index contributed by atoms with van der Waals surface area (Å²) in [6.45, 7) is 3.06. The maximum Gasteiger partial charge on any atom is 0.128 e. The molecule has 2 aromatic rings. The summed E-state index contributed by atoms with van der Waals surface area (Å²) in [6.07, 6.45) is 3.02.